The summed E-state index contributed by atoms with van der Waals surface area (Å²) in [4.78, 5) is 0. The number of aliphatic hydroxyl groups excluding tert-OH is 12. The first kappa shape index (κ1) is 52.6. The van der Waals surface area contributed by atoms with Gasteiger partial charge in [0.25, 0.3) is 0 Å². The molecule has 0 radical (unpaired) electrons. The van der Waals surface area contributed by atoms with Crippen molar-refractivity contribution >= 4 is 0 Å². The molecule has 0 aliphatic carbocycles. The first-order valence-electron chi connectivity index (χ1n) is 21.7. The summed E-state index contributed by atoms with van der Waals surface area (Å²) in [5, 5.41) is 136. The van der Waals surface area contributed by atoms with Crippen LogP contribution in [0.15, 0.2) is 0 Å². The van der Waals surface area contributed by atoms with Crippen molar-refractivity contribution < 1.29 is 118 Å². The lowest BCUT2D eigenvalue weighted by atomic mass is 9.94. The fraction of sp³-hybridized carbons (Fsp3) is 1.00. The molecule has 30 atom stereocenters. The lowest BCUT2D eigenvalue weighted by Gasteiger charge is -2.51. The quantitative estimate of drug-likeness (QED) is 0.117. The van der Waals surface area contributed by atoms with E-state index in [9.17, 15) is 61.3 Å². The van der Waals surface area contributed by atoms with Gasteiger partial charge in [0.1, 0.15) is 146 Å². The largest absolute Gasteiger partial charge is 0.387 e. The molecule has 30 heteroatoms. The van der Waals surface area contributed by atoms with Gasteiger partial charge in [0.05, 0.1) is 0 Å². The van der Waals surface area contributed by atoms with Gasteiger partial charge in [-0.25, -0.2) is 0 Å². The molecule has 22 aliphatic rings. The Balaban J connectivity index is 1.19. The Morgan fingerprint density at radius 1 is 0.197 bits per heavy atom. The number of nitrogens with two attached hydrogens (primary N) is 6. The van der Waals surface area contributed by atoms with E-state index in [-0.39, 0.29) is 0 Å². The number of hydrogen-bond donors (Lipinski definition) is 18. The molecule has 66 heavy (non-hydrogen) atoms. The minimum absolute atomic E-state index is 0.424. The molecule has 0 aromatic rings. The maximum Gasteiger partial charge on any atom is 0.187 e. The van der Waals surface area contributed by atoms with Crippen molar-refractivity contribution in [1.29, 1.82) is 0 Å². The van der Waals surface area contributed by atoms with Crippen molar-refractivity contribution in [1.82, 2.24) is 0 Å². The summed E-state index contributed by atoms with van der Waals surface area (Å²) in [6, 6.07) is 0. The average Bonchev–Trinajstić information content (AvgIpc) is 3.31. The van der Waals surface area contributed by atoms with Crippen LogP contribution < -0.4 is 34.4 Å². The Labute approximate surface area is 375 Å². The van der Waals surface area contributed by atoms with Crippen LogP contribution in [0, 0.1) is 0 Å². The molecule has 0 aromatic heterocycles. The van der Waals surface area contributed by atoms with Crippen LogP contribution in [-0.4, -0.2) is 285 Å². The molecule has 22 fully saturated rings. The number of rotatable bonds is 6. The number of aliphatic hydroxyl groups is 12. The van der Waals surface area contributed by atoms with Gasteiger partial charge in [-0.2, -0.15) is 0 Å². The fourth-order valence-corrected chi connectivity index (χ4v) is 9.18. The molecule has 30 unspecified atom stereocenters. The molecule has 22 aliphatic heterocycles. The summed E-state index contributed by atoms with van der Waals surface area (Å²) in [7, 11) is 0. The molecule has 22 rings (SSSR count). The predicted molar refractivity (Wildman–Crippen MR) is 208 cm³/mol. The van der Waals surface area contributed by atoms with Crippen molar-refractivity contribution in [2.24, 2.45) is 34.4 Å². The van der Waals surface area contributed by atoms with Gasteiger partial charge in [-0.15, -0.1) is 0 Å². The molecule has 30 nitrogen and oxygen atoms in total. The first-order valence-corrected chi connectivity index (χ1v) is 21.7. The van der Waals surface area contributed by atoms with Crippen LogP contribution in [0.25, 0.3) is 0 Å². The second-order valence-electron chi connectivity index (χ2n) is 17.2. The van der Waals surface area contributed by atoms with E-state index in [1.165, 1.54) is 0 Å². The average molecular weight is 967 g/mol. The Hall–Kier alpha value is -1.20. The topological polar surface area (TPSA) is 510 Å². The van der Waals surface area contributed by atoms with Crippen LogP contribution in [0.2, 0.25) is 0 Å². The minimum atomic E-state index is -2.00. The molecule has 12 bridgehead atoms. The molecule has 0 saturated carbocycles. The Morgan fingerprint density at radius 2 is 0.318 bits per heavy atom. The second kappa shape index (κ2) is 22.1. The molecule has 22 saturated heterocycles. The van der Waals surface area contributed by atoms with E-state index in [2.05, 4.69) is 0 Å². The molecule has 0 spiro atoms. The summed E-state index contributed by atoms with van der Waals surface area (Å²) in [5.41, 5.74) is 35.8. The van der Waals surface area contributed by atoms with Gasteiger partial charge in [0.2, 0.25) is 0 Å². The maximum atomic E-state index is 11.3. The highest BCUT2D eigenvalue weighted by Gasteiger charge is 2.58. The van der Waals surface area contributed by atoms with Crippen molar-refractivity contribution in [3.8, 4) is 0 Å². The van der Waals surface area contributed by atoms with Crippen molar-refractivity contribution in [2.45, 2.75) is 184 Å². The summed E-state index contributed by atoms with van der Waals surface area (Å²) < 4.78 is 70.3. The molecule has 384 valence electrons. The first-order chi connectivity index (χ1) is 31.4. The van der Waals surface area contributed by atoms with Crippen LogP contribution in [0.5, 0.6) is 0 Å². The van der Waals surface area contributed by atoms with E-state index in [0.717, 1.165) is 0 Å². The standard InChI is InChI=1S/C36H66N6O24/c37-1-7-25-13(43)19(49)31(55-7)62-26-8(2-38)57-33(21(51)15(26)45)64-28-10(4-40)59-35(23(53)17(28)47)66-30-12(6-42)60-36(24(54)18(30)48)65-29-11(5-41)58-34(22(52)16(29)46)63-27-9(3-39)56-32(61-25)20(50)14(27)44/h7-36,43-54H,1-6,37-42H2. The lowest BCUT2D eigenvalue weighted by Crippen LogP contribution is -2.69. The van der Waals surface area contributed by atoms with Gasteiger partial charge in [0.15, 0.2) is 37.7 Å². The Morgan fingerprint density at radius 3 is 0.424 bits per heavy atom. The summed E-state index contributed by atoms with van der Waals surface area (Å²) >= 11 is 0. The summed E-state index contributed by atoms with van der Waals surface area (Å²) in [6.45, 7) is -2.54. The molecular formula is C36H66N6O24. The van der Waals surface area contributed by atoms with Gasteiger partial charge in [-0.3, -0.25) is 0 Å². The van der Waals surface area contributed by atoms with Crippen LogP contribution in [0.3, 0.4) is 0 Å². The molecule has 22 heterocycles. The number of ether oxygens (including phenoxy) is 12. The van der Waals surface area contributed by atoms with Crippen LogP contribution in [0.4, 0.5) is 0 Å². The van der Waals surface area contributed by atoms with Gasteiger partial charge in [-0.05, 0) is 0 Å². The zero-order valence-corrected chi connectivity index (χ0v) is 35.3. The third kappa shape index (κ3) is 10.0. The molecular weight excluding hydrogens is 900 g/mol. The maximum absolute atomic E-state index is 11.3. The van der Waals surface area contributed by atoms with Crippen LogP contribution >= 0.6 is 0 Å². The molecule has 24 N–H and O–H groups in total. The summed E-state index contributed by atoms with van der Waals surface area (Å²) in [5.74, 6) is 0. The highest BCUT2D eigenvalue weighted by Crippen LogP contribution is 2.37. The highest BCUT2D eigenvalue weighted by molar-refractivity contribution is 5.01. The van der Waals surface area contributed by atoms with Gasteiger partial charge in [-0.1, -0.05) is 0 Å². The van der Waals surface area contributed by atoms with E-state index in [4.69, 9.17) is 91.2 Å². The molecule has 0 aromatic carbocycles. The van der Waals surface area contributed by atoms with E-state index in [1.807, 2.05) is 0 Å². The minimum Gasteiger partial charge on any atom is -0.387 e. The van der Waals surface area contributed by atoms with Crippen LogP contribution in [0.1, 0.15) is 0 Å². The van der Waals surface area contributed by atoms with E-state index < -0.39 is 224 Å². The Kier molecular flexibility index (Phi) is 17.6. The van der Waals surface area contributed by atoms with Crippen molar-refractivity contribution in [3.05, 3.63) is 0 Å². The van der Waals surface area contributed by atoms with Crippen molar-refractivity contribution in [3.63, 3.8) is 0 Å². The third-order valence-electron chi connectivity index (χ3n) is 13.0. The van der Waals surface area contributed by atoms with Crippen molar-refractivity contribution in [2.75, 3.05) is 39.3 Å². The number of hydrogen-bond acceptors (Lipinski definition) is 30. The second-order valence-corrected chi connectivity index (χ2v) is 17.2. The fourth-order valence-electron chi connectivity index (χ4n) is 9.18. The highest BCUT2D eigenvalue weighted by atomic mass is 16.8. The zero-order valence-electron chi connectivity index (χ0n) is 35.3. The third-order valence-corrected chi connectivity index (χ3v) is 13.0. The SMILES string of the molecule is NCC1OC2OC3C(CN)OC(OC4C(CN)OC(OC5C(CN)OC(OC6C(CN)OC(OC7C(CN)OC(OC1C(O)C2O)C(O)C7O)C(O)C6O)C(O)C5O)C(O)C4O)C(O)C3O. The smallest absolute Gasteiger partial charge is 0.187 e. The van der Waals surface area contributed by atoms with Gasteiger partial charge < -0.3 is 153 Å². The van der Waals surface area contributed by atoms with Gasteiger partial charge in [0, 0.05) is 39.3 Å². The van der Waals surface area contributed by atoms with Crippen LogP contribution in [-0.2, 0) is 56.8 Å². The lowest BCUT2D eigenvalue weighted by molar-refractivity contribution is -0.398. The Bertz CT molecular complexity index is 1260. The van der Waals surface area contributed by atoms with E-state index >= 15 is 0 Å². The predicted octanol–water partition coefficient (Wildman–Crippen LogP) is -13.3. The molecule has 0 amide bonds. The van der Waals surface area contributed by atoms with E-state index in [1.54, 1.807) is 0 Å². The summed E-state index contributed by atoms with van der Waals surface area (Å²) in [6.07, 6.45) is -52.2. The van der Waals surface area contributed by atoms with Gasteiger partial charge >= 0.3 is 0 Å². The zero-order chi connectivity index (χ0) is 48.0. The monoisotopic (exact) mass is 966 g/mol. The normalized spacial score (nSPS) is 55.4. The van der Waals surface area contributed by atoms with E-state index in [0.29, 0.717) is 0 Å².